The molecular formula is C23H31N4O3+. The Balaban J connectivity index is 2.07. The van der Waals surface area contributed by atoms with Crippen LogP contribution >= 0.6 is 0 Å². The summed E-state index contributed by atoms with van der Waals surface area (Å²) < 4.78 is 5.49. The fourth-order valence-corrected chi connectivity index (χ4v) is 2.99. The zero-order valence-corrected chi connectivity index (χ0v) is 18.3. The molecule has 0 fully saturated rings. The summed E-state index contributed by atoms with van der Waals surface area (Å²) in [7, 11) is 1.66. The third-order valence-electron chi connectivity index (χ3n) is 4.98. The number of hydrogen-bond acceptors (Lipinski definition) is 4. The lowest BCUT2D eigenvalue weighted by atomic mass is 10.1. The first-order chi connectivity index (χ1) is 14.4. The lowest BCUT2D eigenvalue weighted by Gasteiger charge is -2.18. The van der Waals surface area contributed by atoms with Gasteiger partial charge in [0.1, 0.15) is 12.3 Å². The van der Waals surface area contributed by atoms with E-state index in [1.54, 1.807) is 26.2 Å². The van der Waals surface area contributed by atoms with E-state index < -0.39 is 11.8 Å². The highest BCUT2D eigenvalue weighted by Gasteiger charge is 2.15. The normalized spacial score (nSPS) is 11.3. The number of nitrogens with one attached hydrogen (secondary N) is 3. The first-order valence-electron chi connectivity index (χ1n) is 10.1. The summed E-state index contributed by atoms with van der Waals surface area (Å²) in [6.07, 6.45) is 0. The van der Waals surface area contributed by atoms with Gasteiger partial charge in [0.15, 0.2) is 0 Å². The molecule has 0 saturated heterocycles. The van der Waals surface area contributed by atoms with Gasteiger partial charge in [-0.3, -0.25) is 9.59 Å². The SMILES string of the molecule is CC[NH+](CC)Cc1cc(/C(C)=N\NC(=O)C(=O)Nc2ccc(C)cc2)ccc1OC. The standard InChI is InChI=1S/C23H30N4O3/c1-6-27(7-2)15-19-14-18(10-13-21(19)30-5)17(4)25-26-23(29)22(28)24-20-11-8-16(3)9-12-20/h8-14H,6-7,15H2,1-5H3,(H,24,28)(H,26,29)/p+1/b25-17-. The van der Waals surface area contributed by atoms with Crippen LogP contribution in [-0.2, 0) is 16.1 Å². The molecule has 0 unspecified atom stereocenters. The van der Waals surface area contributed by atoms with E-state index in [2.05, 4.69) is 29.7 Å². The average Bonchev–Trinajstić information content (AvgIpc) is 2.76. The van der Waals surface area contributed by atoms with E-state index in [1.807, 2.05) is 37.3 Å². The summed E-state index contributed by atoms with van der Waals surface area (Å²) >= 11 is 0. The number of carbonyl (C=O) groups is 2. The van der Waals surface area contributed by atoms with Gasteiger partial charge in [0, 0.05) is 11.3 Å². The van der Waals surface area contributed by atoms with Crippen LogP contribution in [0.2, 0.25) is 0 Å². The number of amides is 2. The number of aryl methyl sites for hydroxylation is 1. The van der Waals surface area contributed by atoms with E-state index in [9.17, 15) is 9.59 Å². The van der Waals surface area contributed by atoms with E-state index >= 15 is 0 Å². The number of nitrogens with zero attached hydrogens (tertiary/aromatic N) is 1. The summed E-state index contributed by atoms with van der Waals surface area (Å²) in [5, 5.41) is 6.65. The van der Waals surface area contributed by atoms with Crippen molar-refractivity contribution in [2.24, 2.45) is 5.10 Å². The molecule has 0 aromatic heterocycles. The van der Waals surface area contributed by atoms with Crippen molar-refractivity contribution in [2.75, 3.05) is 25.5 Å². The highest BCUT2D eigenvalue weighted by molar-refractivity contribution is 6.39. The Bertz CT molecular complexity index is 903. The molecule has 0 saturated carbocycles. The third kappa shape index (κ3) is 6.42. The summed E-state index contributed by atoms with van der Waals surface area (Å²) in [5.41, 5.74) is 6.48. The Morgan fingerprint density at radius 1 is 1.03 bits per heavy atom. The van der Waals surface area contributed by atoms with Gasteiger partial charge in [-0.25, -0.2) is 5.43 Å². The van der Waals surface area contributed by atoms with E-state index in [-0.39, 0.29) is 0 Å². The number of methoxy groups -OCH3 is 1. The molecule has 160 valence electrons. The highest BCUT2D eigenvalue weighted by atomic mass is 16.5. The van der Waals surface area contributed by atoms with Crippen LogP contribution in [0.5, 0.6) is 5.75 Å². The molecule has 0 bridgehead atoms. The molecule has 3 N–H and O–H groups in total. The smallest absolute Gasteiger partial charge is 0.329 e. The van der Waals surface area contributed by atoms with Gasteiger partial charge in [-0.2, -0.15) is 5.10 Å². The Morgan fingerprint density at radius 2 is 1.70 bits per heavy atom. The van der Waals surface area contributed by atoms with Crippen LogP contribution in [0.25, 0.3) is 0 Å². The third-order valence-corrected chi connectivity index (χ3v) is 4.98. The summed E-state index contributed by atoms with van der Waals surface area (Å²) in [6.45, 7) is 10.9. The fraction of sp³-hybridized carbons (Fsp3) is 0.348. The summed E-state index contributed by atoms with van der Waals surface area (Å²) in [5.74, 6) is -0.764. The average molecular weight is 412 g/mol. The minimum Gasteiger partial charge on any atom is -0.496 e. The highest BCUT2D eigenvalue weighted by Crippen LogP contribution is 2.19. The van der Waals surface area contributed by atoms with Crippen molar-refractivity contribution in [3.8, 4) is 5.75 Å². The van der Waals surface area contributed by atoms with Crippen molar-refractivity contribution in [1.82, 2.24) is 5.43 Å². The minimum absolute atomic E-state index is 0.556. The van der Waals surface area contributed by atoms with Crippen LogP contribution < -0.4 is 20.4 Å². The first-order valence-corrected chi connectivity index (χ1v) is 10.1. The number of quaternary nitrogens is 1. The topological polar surface area (TPSA) is 84.2 Å². The van der Waals surface area contributed by atoms with Gasteiger partial charge in [-0.15, -0.1) is 0 Å². The molecular weight excluding hydrogens is 380 g/mol. The van der Waals surface area contributed by atoms with Crippen LogP contribution in [-0.4, -0.2) is 37.7 Å². The zero-order valence-electron chi connectivity index (χ0n) is 18.3. The maximum absolute atomic E-state index is 12.1. The second-order valence-electron chi connectivity index (χ2n) is 7.12. The van der Waals surface area contributed by atoms with E-state index in [0.29, 0.717) is 11.4 Å². The largest absolute Gasteiger partial charge is 0.496 e. The van der Waals surface area contributed by atoms with Gasteiger partial charge in [0.25, 0.3) is 0 Å². The number of benzene rings is 2. The molecule has 2 aromatic rings. The number of carbonyl (C=O) groups excluding carboxylic acids is 2. The monoisotopic (exact) mass is 411 g/mol. The molecule has 0 aliphatic heterocycles. The van der Waals surface area contributed by atoms with Crippen LogP contribution in [0.1, 0.15) is 37.5 Å². The quantitative estimate of drug-likeness (QED) is 0.352. The van der Waals surface area contributed by atoms with Gasteiger partial charge in [0.2, 0.25) is 0 Å². The molecule has 2 aromatic carbocycles. The molecule has 0 aliphatic rings. The summed E-state index contributed by atoms with van der Waals surface area (Å²) in [4.78, 5) is 25.6. The van der Waals surface area contributed by atoms with E-state index in [4.69, 9.17) is 4.74 Å². The molecule has 7 nitrogen and oxygen atoms in total. The fourth-order valence-electron chi connectivity index (χ4n) is 2.99. The molecule has 0 spiro atoms. The molecule has 2 rings (SSSR count). The second kappa shape index (κ2) is 11.1. The van der Waals surface area contributed by atoms with E-state index in [0.717, 1.165) is 42.1 Å². The molecule has 0 aliphatic carbocycles. The number of hydrogen-bond donors (Lipinski definition) is 3. The predicted molar refractivity (Wildman–Crippen MR) is 119 cm³/mol. The number of anilines is 1. The van der Waals surface area contributed by atoms with Gasteiger partial charge >= 0.3 is 11.8 Å². The predicted octanol–water partition coefficient (Wildman–Crippen LogP) is 1.91. The Kier molecular flexibility index (Phi) is 8.55. The Hall–Kier alpha value is -3.19. The van der Waals surface area contributed by atoms with Gasteiger partial charge in [-0.1, -0.05) is 17.7 Å². The molecule has 0 radical (unpaired) electrons. The lowest BCUT2D eigenvalue weighted by Crippen LogP contribution is -3.10. The van der Waals surface area contributed by atoms with Crippen LogP contribution in [0.3, 0.4) is 0 Å². The lowest BCUT2D eigenvalue weighted by molar-refractivity contribution is -0.910. The Labute approximate surface area is 178 Å². The molecule has 2 amide bonds. The molecule has 30 heavy (non-hydrogen) atoms. The molecule has 7 heteroatoms. The number of hydrazone groups is 1. The zero-order chi connectivity index (χ0) is 22.1. The molecule has 0 heterocycles. The van der Waals surface area contributed by atoms with Crippen molar-refractivity contribution >= 4 is 23.2 Å². The van der Waals surface area contributed by atoms with Gasteiger partial charge in [0.05, 0.1) is 25.9 Å². The maximum Gasteiger partial charge on any atom is 0.329 e. The number of ether oxygens (including phenoxy) is 1. The maximum atomic E-state index is 12.1. The van der Waals surface area contributed by atoms with Crippen LogP contribution in [0.15, 0.2) is 47.6 Å². The van der Waals surface area contributed by atoms with Gasteiger partial charge < -0.3 is 15.0 Å². The van der Waals surface area contributed by atoms with Crippen molar-refractivity contribution < 1.29 is 19.2 Å². The van der Waals surface area contributed by atoms with Crippen LogP contribution in [0.4, 0.5) is 5.69 Å². The Morgan fingerprint density at radius 3 is 2.30 bits per heavy atom. The van der Waals surface area contributed by atoms with Crippen molar-refractivity contribution in [3.05, 3.63) is 59.2 Å². The van der Waals surface area contributed by atoms with Crippen molar-refractivity contribution in [3.63, 3.8) is 0 Å². The van der Waals surface area contributed by atoms with E-state index in [1.165, 1.54) is 4.90 Å². The van der Waals surface area contributed by atoms with Crippen LogP contribution in [0, 0.1) is 6.92 Å². The first kappa shape index (κ1) is 23.1. The second-order valence-corrected chi connectivity index (χ2v) is 7.12. The molecule has 0 atom stereocenters. The minimum atomic E-state index is -0.823. The van der Waals surface area contributed by atoms with Crippen molar-refractivity contribution in [2.45, 2.75) is 34.2 Å². The number of rotatable bonds is 8. The summed E-state index contributed by atoms with van der Waals surface area (Å²) in [6, 6.07) is 13.0. The van der Waals surface area contributed by atoms with Gasteiger partial charge in [-0.05, 0) is 63.6 Å². The van der Waals surface area contributed by atoms with Crippen molar-refractivity contribution in [1.29, 1.82) is 0 Å².